The molecule has 0 unspecified atom stereocenters. The number of benzene rings is 1. The minimum Gasteiger partial charge on any atom is -0.342 e. The molecule has 0 radical (unpaired) electrons. The number of aromatic nitrogens is 2. The number of aromatic amines is 1. The Morgan fingerprint density at radius 3 is 2.50 bits per heavy atom. The van der Waals surface area contributed by atoms with Crippen molar-refractivity contribution in [2.75, 3.05) is 0 Å². The molecule has 1 aromatic carbocycles. The van der Waals surface area contributed by atoms with Crippen LogP contribution in [0.4, 0.5) is 13.2 Å². The third-order valence-electron chi connectivity index (χ3n) is 3.99. The van der Waals surface area contributed by atoms with Crippen LogP contribution in [0.15, 0.2) is 18.2 Å². The monoisotopic (exact) mass is 283 g/mol. The summed E-state index contributed by atoms with van der Waals surface area (Å²) in [6.07, 6.45) is -0.567. The quantitative estimate of drug-likeness (QED) is 0.840. The summed E-state index contributed by atoms with van der Waals surface area (Å²) in [6, 6.07) is 3.86. The molecule has 2 aromatic rings. The molecule has 1 heterocycles. The number of alkyl halides is 3. The lowest BCUT2D eigenvalue weighted by atomic mass is 9.86. The van der Waals surface area contributed by atoms with Crippen molar-refractivity contribution in [1.29, 1.82) is 0 Å². The Kier molecular flexibility index (Phi) is 3.20. The third kappa shape index (κ3) is 2.52. The molecule has 0 aliphatic heterocycles. The number of nitrogens with two attached hydrogens (primary N) is 1. The molecule has 108 valence electrons. The molecule has 0 atom stereocenters. The number of imidazole rings is 1. The van der Waals surface area contributed by atoms with Crippen molar-refractivity contribution in [2.24, 2.45) is 5.73 Å². The van der Waals surface area contributed by atoms with Crippen LogP contribution in [0.2, 0.25) is 0 Å². The number of halogens is 3. The first-order chi connectivity index (χ1) is 9.43. The zero-order valence-electron chi connectivity index (χ0n) is 10.9. The van der Waals surface area contributed by atoms with Gasteiger partial charge in [0.05, 0.1) is 16.6 Å². The first-order valence-corrected chi connectivity index (χ1v) is 6.76. The van der Waals surface area contributed by atoms with Crippen molar-refractivity contribution in [3.05, 3.63) is 29.6 Å². The second-order valence-electron chi connectivity index (χ2n) is 5.46. The Labute approximate surface area is 114 Å². The van der Waals surface area contributed by atoms with Gasteiger partial charge in [0.2, 0.25) is 0 Å². The molecule has 1 aliphatic rings. The van der Waals surface area contributed by atoms with Crippen LogP contribution in [0.25, 0.3) is 11.0 Å². The summed E-state index contributed by atoms with van der Waals surface area (Å²) in [5.74, 6) is 1.06. The van der Waals surface area contributed by atoms with Gasteiger partial charge in [0.25, 0.3) is 0 Å². The van der Waals surface area contributed by atoms with E-state index in [-0.39, 0.29) is 12.0 Å². The number of nitrogens with one attached hydrogen (secondary N) is 1. The maximum Gasteiger partial charge on any atom is 0.416 e. The number of fused-ring (bicyclic) bond motifs is 1. The topological polar surface area (TPSA) is 54.7 Å². The average Bonchev–Trinajstić information content (AvgIpc) is 2.81. The molecule has 3 rings (SSSR count). The van der Waals surface area contributed by atoms with Gasteiger partial charge >= 0.3 is 6.18 Å². The van der Waals surface area contributed by atoms with Crippen molar-refractivity contribution in [2.45, 2.75) is 43.8 Å². The zero-order valence-corrected chi connectivity index (χ0v) is 10.9. The lowest BCUT2D eigenvalue weighted by molar-refractivity contribution is -0.137. The van der Waals surface area contributed by atoms with Crippen LogP contribution >= 0.6 is 0 Å². The number of rotatable bonds is 1. The van der Waals surface area contributed by atoms with Gasteiger partial charge in [0.1, 0.15) is 5.82 Å². The van der Waals surface area contributed by atoms with Gasteiger partial charge < -0.3 is 10.7 Å². The summed E-state index contributed by atoms with van der Waals surface area (Å²) in [5.41, 5.74) is 6.25. The van der Waals surface area contributed by atoms with E-state index in [1.807, 2.05) is 0 Å². The van der Waals surface area contributed by atoms with Crippen LogP contribution in [0.5, 0.6) is 0 Å². The van der Waals surface area contributed by atoms with E-state index in [1.54, 1.807) is 0 Å². The molecule has 0 bridgehead atoms. The standard InChI is InChI=1S/C14H16F3N3/c15-14(16,17)9-3-6-11-12(7-9)20-13(19-11)8-1-4-10(18)5-2-8/h3,6-8,10H,1-2,4-5,18H2,(H,19,20). The largest absolute Gasteiger partial charge is 0.416 e. The first kappa shape index (κ1) is 13.4. The number of hydrogen-bond acceptors (Lipinski definition) is 2. The highest BCUT2D eigenvalue weighted by molar-refractivity contribution is 5.76. The molecule has 1 fully saturated rings. The fraction of sp³-hybridized carbons (Fsp3) is 0.500. The fourth-order valence-electron chi connectivity index (χ4n) is 2.79. The highest BCUT2D eigenvalue weighted by Gasteiger charge is 2.31. The second-order valence-corrected chi connectivity index (χ2v) is 5.46. The van der Waals surface area contributed by atoms with Crippen LogP contribution in [0.1, 0.15) is 43.0 Å². The first-order valence-electron chi connectivity index (χ1n) is 6.76. The van der Waals surface area contributed by atoms with Gasteiger partial charge in [-0.25, -0.2) is 4.98 Å². The molecule has 1 saturated carbocycles. The maximum atomic E-state index is 12.7. The van der Waals surface area contributed by atoms with Crippen molar-refractivity contribution >= 4 is 11.0 Å². The van der Waals surface area contributed by atoms with Gasteiger partial charge in [0, 0.05) is 12.0 Å². The van der Waals surface area contributed by atoms with E-state index in [2.05, 4.69) is 9.97 Å². The Morgan fingerprint density at radius 2 is 1.85 bits per heavy atom. The molecule has 0 amide bonds. The summed E-state index contributed by atoms with van der Waals surface area (Å²) in [6.45, 7) is 0. The van der Waals surface area contributed by atoms with E-state index in [4.69, 9.17) is 5.73 Å². The van der Waals surface area contributed by atoms with Gasteiger partial charge in [0.15, 0.2) is 0 Å². The van der Waals surface area contributed by atoms with Crippen LogP contribution in [-0.4, -0.2) is 16.0 Å². The molecule has 20 heavy (non-hydrogen) atoms. The van der Waals surface area contributed by atoms with Crippen molar-refractivity contribution in [3.63, 3.8) is 0 Å². The lowest BCUT2D eigenvalue weighted by Crippen LogP contribution is -2.26. The minimum atomic E-state index is -4.32. The van der Waals surface area contributed by atoms with Crippen LogP contribution in [0, 0.1) is 0 Å². The molecule has 1 aromatic heterocycles. The molecule has 3 N–H and O–H groups in total. The number of hydrogen-bond donors (Lipinski definition) is 2. The summed E-state index contributed by atoms with van der Waals surface area (Å²) >= 11 is 0. The second kappa shape index (κ2) is 4.77. The highest BCUT2D eigenvalue weighted by atomic mass is 19.4. The molecule has 1 aliphatic carbocycles. The van der Waals surface area contributed by atoms with E-state index in [9.17, 15) is 13.2 Å². The highest BCUT2D eigenvalue weighted by Crippen LogP contribution is 2.34. The molecule has 6 heteroatoms. The van der Waals surface area contributed by atoms with Crippen molar-refractivity contribution < 1.29 is 13.2 Å². The van der Waals surface area contributed by atoms with Crippen molar-refractivity contribution in [3.8, 4) is 0 Å². The maximum absolute atomic E-state index is 12.7. The van der Waals surface area contributed by atoms with Crippen LogP contribution in [0.3, 0.4) is 0 Å². The van der Waals surface area contributed by atoms with E-state index < -0.39 is 11.7 Å². The Morgan fingerprint density at radius 1 is 1.15 bits per heavy atom. The average molecular weight is 283 g/mol. The Hall–Kier alpha value is -1.56. The van der Waals surface area contributed by atoms with Gasteiger partial charge in [-0.2, -0.15) is 13.2 Å². The van der Waals surface area contributed by atoms with Crippen LogP contribution in [-0.2, 0) is 6.18 Å². The van der Waals surface area contributed by atoms with Crippen LogP contribution < -0.4 is 5.73 Å². The Bertz CT molecular complexity index is 610. The SMILES string of the molecule is NC1CCC(c2nc3ccc(C(F)(F)F)cc3[nH]2)CC1. The molecular formula is C14H16F3N3. The van der Waals surface area contributed by atoms with Crippen molar-refractivity contribution in [1.82, 2.24) is 9.97 Å². The minimum absolute atomic E-state index is 0.243. The number of H-pyrrole nitrogens is 1. The van der Waals surface area contributed by atoms with E-state index in [0.717, 1.165) is 43.6 Å². The third-order valence-corrected chi connectivity index (χ3v) is 3.99. The lowest BCUT2D eigenvalue weighted by Gasteiger charge is -2.24. The smallest absolute Gasteiger partial charge is 0.342 e. The molecule has 3 nitrogen and oxygen atoms in total. The number of nitrogens with zero attached hydrogens (tertiary/aromatic N) is 1. The van der Waals surface area contributed by atoms with Gasteiger partial charge in [-0.3, -0.25) is 0 Å². The zero-order chi connectivity index (χ0) is 14.3. The summed E-state index contributed by atoms with van der Waals surface area (Å²) in [7, 11) is 0. The molecule has 0 spiro atoms. The summed E-state index contributed by atoms with van der Waals surface area (Å²) in [5, 5.41) is 0. The van der Waals surface area contributed by atoms with Gasteiger partial charge in [-0.15, -0.1) is 0 Å². The van der Waals surface area contributed by atoms with E-state index >= 15 is 0 Å². The normalized spacial score (nSPS) is 24.2. The van der Waals surface area contributed by atoms with E-state index in [1.165, 1.54) is 6.07 Å². The predicted molar refractivity (Wildman–Crippen MR) is 70.3 cm³/mol. The molecule has 0 saturated heterocycles. The van der Waals surface area contributed by atoms with E-state index in [0.29, 0.717) is 11.0 Å². The van der Waals surface area contributed by atoms with Gasteiger partial charge in [-0.1, -0.05) is 0 Å². The molecular weight excluding hydrogens is 267 g/mol. The summed E-state index contributed by atoms with van der Waals surface area (Å²) in [4.78, 5) is 7.46. The van der Waals surface area contributed by atoms with Gasteiger partial charge in [-0.05, 0) is 43.9 Å². The summed E-state index contributed by atoms with van der Waals surface area (Å²) < 4.78 is 38.0. The predicted octanol–water partition coefficient (Wildman–Crippen LogP) is 3.57. The fourth-order valence-corrected chi connectivity index (χ4v) is 2.79. The Balaban J connectivity index is 1.91.